The van der Waals surface area contributed by atoms with Crippen molar-refractivity contribution < 1.29 is 9.66 Å². The van der Waals surface area contributed by atoms with Gasteiger partial charge in [0.2, 0.25) is 0 Å². The van der Waals surface area contributed by atoms with Gasteiger partial charge in [-0.3, -0.25) is 15.5 Å². The third kappa shape index (κ3) is 4.12. The molecule has 0 aliphatic rings. The Morgan fingerprint density at radius 3 is 2.75 bits per heavy atom. The van der Waals surface area contributed by atoms with E-state index in [0.717, 1.165) is 11.3 Å². The molecule has 8 heteroatoms. The van der Waals surface area contributed by atoms with Crippen LogP contribution in [0.1, 0.15) is 22.4 Å². The molecule has 24 heavy (non-hydrogen) atoms. The molecule has 0 bridgehead atoms. The van der Waals surface area contributed by atoms with Gasteiger partial charge in [-0.25, -0.2) is 4.98 Å². The fourth-order valence-electron chi connectivity index (χ4n) is 2.07. The van der Waals surface area contributed by atoms with Gasteiger partial charge in [-0.2, -0.15) is 10.4 Å². The average Bonchev–Trinajstić information content (AvgIpc) is 2.55. The SMILES string of the molecule is COCc1cc(C)nc(N/N=C\c2ccc([N+](=O)[O-])cc2)c1C#N. The minimum atomic E-state index is -0.466. The number of hydrazone groups is 1. The van der Waals surface area contributed by atoms with Gasteiger partial charge in [-0.05, 0) is 30.7 Å². The standard InChI is InChI=1S/C16H15N5O3/c1-11-7-13(10-24-2)15(8-17)16(19-11)20-18-9-12-3-5-14(6-4-12)21(22)23/h3-7,9H,10H2,1-2H3,(H,19,20)/b18-9-. The van der Waals surface area contributed by atoms with Crippen molar-refractivity contribution in [3.63, 3.8) is 0 Å². The minimum Gasteiger partial charge on any atom is -0.380 e. The van der Waals surface area contributed by atoms with Crippen molar-refractivity contribution >= 4 is 17.7 Å². The average molecular weight is 325 g/mol. The van der Waals surface area contributed by atoms with E-state index in [-0.39, 0.29) is 5.69 Å². The number of rotatable bonds is 6. The van der Waals surface area contributed by atoms with Crippen LogP contribution in [-0.4, -0.2) is 23.2 Å². The fraction of sp³-hybridized carbons (Fsp3) is 0.188. The molecule has 2 aromatic rings. The van der Waals surface area contributed by atoms with Gasteiger partial charge in [-0.15, -0.1) is 0 Å². The molecule has 0 amide bonds. The molecular formula is C16H15N5O3. The van der Waals surface area contributed by atoms with Crippen LogP contribution in [0.5, 0.6) is 0 Å². The monoisotopic (exact) mass is 325 g/mol. The van der Waals surface area contributed by atoms with Gasteiger partial charge in [0.05, 0.1) is 17.7 Å². The van der Waals surface area contributed by atoms with Crippen molar-refractivity contribution in [1.82, 2.24) is 4.98 Å². The fourth-order valence-corrected chi connectivity index (χ4v) is 2.07. The molecule has 8 nitrogen and oxygen atoms in total. The van der Waals surface area contributed by atoms with Gasteiger partial charge >= 0.3 is 0 Å². The van der Waals surface area contributed by atoms with Gasteiger partial charge in [0.25, 0.3) is 5.69 Å². The lowest BCUT2D eigenvalue weighted by atomic mass is 10.1. The van der Waals surface area contributed by atoms with Crippen molar-refractivity contribution in [2.45, 2.75) is 13.5 Å². The van der Waals surface area contributed by atoms with E-state index in [2.05, 4.69) is 21.6 Å². The van der Waals surface area contributed by atoms with Crippen LogP contribution >= 0.6 is 0 Å². The largest absolute Gasteiger partial charge is 0.380 e. The number of nitrogens with one attached hydrogen (secondary N) is 1. The maximum Gasteiger partial charge on any atom is 0.269 e. The zero-order chi connectivity index (χ0) is 17.5. The van der Waals surface area contributed by atoms with Crippen LogP contribution in [0.2, 0.25) is 0 Å². The van der Waals surface area contributed by atoms with Gasteiger partial charge in [0.1, 0.15) is 11.6 Å². The van der Waals surface area contributed by atoms with Gasteiger partial charge in [-0.1, -0.05) is 0 Å². The molecule has 122 valence electrons. The maximum atomic E-state index is 10.6. The summed E-state index contributed by atoms with van der Waals surface area (Å²) in [7, 11) is 1.55. The van der Waals surface area contributed by atoms with Crippen molar-refractivity contribution in [3.05, 3.63) is 62.8 Å². The Bertz CT molecular complexity index is 810. The second kappa shape index (κ2) is 7.80. The number of aryl methyl sites for hydroxylation is 1. The van der Waals surface area contributed by atoms with Crippen molar-refractivity contribution in [1.29, 1.82) is 5.26 Å². The Balaban J connectivity index is 2.19. The summed E-state index contributed by atoms with van der Waals surface area (Å²) in [6.07, 6.45) is 1.49. The number of methoxy groups -OCH3 is 1. The van der Waals surface area contributed by atoms with Crippen LogP contribution in [0.3, 0.4) is 0 Å². The third-order valence-electron chi connectivity index (χ3n) is 3.13. The molecular weight excluding hydrogens is 310 g/mol. The maximum absolute atomic E-state index is 10.6. The lowest BCUT2D eigenvalue weighted by Crippen LogP contribution is -2.03. The number of non-ortho nitro benzene ring substituents is 1. The summed E-state index contributed by atoms with van der Waals surface area (Å²) < 4.78 is 5.08. The van der Waals surface area contributed by atoms with Gasteiger partial charge in [0, 0.05) is 30.5 Å². The normalized spacial score (nSPS) is 10.5. The summed E-state index contributed by atoms with van der Waals surface area (Å²) >= 11 is 0. The summed E-state index contributed by atoms with van der Waals surface area (Å²) in [5.74, 6) is 0.336. The first-order valence-corrected chi connectivity index (χ1v) is 6.98. The molecule has 0 saturated carbocycles. The number of ether oxygens (including phenoxy) is 1. The summed E-state index contributed by atoms with van der Waals surface area (Å²) in [5, 5.41) is 24.0. The highest BCUT2D eigenvalue weighted by atomic mass is 16.6. The number of hydrogen-bond donors (Lipinski definition) is 1. The summed E-state index contributed by atoms with van der Waals surface area (Å²) in [6.45, 7) is 2.11. The van der Waals surface area contributed by atoms with E-state index in [1.54, 1.807) is 25.3 Å². The highest BCUT2D eigenvalue weighted by Crippen LogP contribution is 2.19. The predicted octanol–water partition coefficient (Wildman–Crippen LogP) is 2.76. The smallest absolute Gasteiger partial charge is 0.269 e. The molecule has 0 spiro atoms. The van der Waals surface area contributed by atoms with Crippen LogP contribution in [0, 0.1) is 28.4 Å². The van der Waals surface area contributed by atoms with Gasteiger partial charge < -0.3 is 4.74 Å². The van der Waals surface area contributed by atoms with E-state index in [9.17, 15) is 15.4 Å². The number of hydrogen-bond acceptors (Lipinski definition) is 7. The highest BCUT2D eigenvalue weighted by molar-refractivity contribution is 5.80. The second-order valence-electron chi connectivity index (χ2n) is 4.91. The molecule has 1 aromatic carbocycles. The van der Waals surface area contributed by atoms with E-state index in [0.29, 0.717) is 23.6 Å². The Morgan fingerprint density at radius 2 is 2.17 bits per heavy atom. The number of nitriles is 1. The lowest BCUT2D eigenvalue weighted by Gasteiger charge is -2.09. The van der Waals surface area contributed by atoms with E-state index in [1.807, 2.05) is 6.92 Å². The van der Waals surface area contributed by atoms with Crippen molar-refractivity contribution in [2.24, 2.45) is 5.10 Å². The zero-order valence-electron chi connectivity index (χ0n) is 13.2. The molecule has 0 aliphatic heterocycles. The number of nitro benzene ring substituents is 1. The number of nitrogens with zero attached hydrogens (tertiary/aromatic N) is 4. The van der Waals surface area contributed by atoms with E-state index in [1.165, 1.54) is 18.3 Å². The first-order valence-electron chi connectivity index (χ1n) is 6.98. The number of pyridine rings is 1. The Hall–Kier alpha value is -3.31. The van der Waals surface area contributed by atoms with Crippen LogP contribution < -0.4 is 5.43 Å². The van der Waals surface area contributed by atoms with Crippen LogP contribution in [0.15, 0.2) is 35.4 Å². The molecule has 1 heterocycles. The summed E-state index contributed by atoms with van der Waals surface area (Å²) in [5.41, 5.74) is 5.24. The van der Waals surface area contributed by atoms with E-state index in [4.69, 9.17) is 4.74 Å². The predicted molar refractivity (Wildman–Crippen MR) is 88.7 cm³/mol. The molecule has 0 fully saturated rings. The highest BCUT2D eigenvalue weighted by Gasteiger charge is 2.10. The molecule has 2 rings (SSSR count). The molecule has 0 saturated heterocycles. The van der Waals surface area contributed by atoms with Crippen LogP contribution in [0.25, 0.3) is 0 Å². The molecule has 0 radical (unpaired) electrons. The van der Waals surface area contributed by atoms with Crippen molar-refractivity contribution in [2.75, 3.05) is 12.5 Å². The van der Waals surface area contributed by atoms with E-state index >= 15 is 0 Å². The first-order chi connectivity index (χ1) is 11.5. The number of aromatic nitrogens is 1. The quantitative estimate of drug-likeness (QED) is 0.496. The molecule has 0 unspecified atom stereocenters. The molecule has 0 aliphatic carbocycles. The summed E-state index contributed by atoms with van der Waals surface area (Å²) in [6, 6.07) is 9.82. The third-order valence-corrected chi connectivity index (χ3v) is 3.13. The lowest BCUT2D eigenvalue weighted by molar-refractivity contribution is -0.384. The Morgan fingerprint density at radius 1 is 1.46 bits per heavy atom. The molecule has 1 N–H and O–H groups in total. The number of anilines is 1. The van der Waals surface area contributed by atoms with Crippen molar-refractivity contribution in [3.8, 4) is 6.07 Å². The first kappa shape index (κ1) is 17.1. The number of nitro groups is 1. The summed E-state index contributed by atoms with van der Waals surface area (Å²) in [4.78, 5) is 14.4. The van der Waals surface area contributed by atoms with Crippen LogP contribution in [-0.2, 0) is 11.3 Å². The second-order valence-corrected chi connectivity index (χ2v) is 4.91. The minimum absolute atomic E-state index is 0.0106. The topological polar surface area (TPSA) is 113 Å². The van der Waals surface area contributed by atoms with Crippen LogP contribution in [0.4, 0.5) is 11.5 Å². The zero-order valence-corrected chi connectivity index (χ0v) is 13.2. The number of benzene rings is 1. The molecule has 0 atom stereocenters. The van der Waals surface area contributed by atoms with Gasteiger partial charge in [0.15, 0.2) is 5.82 Å². The Labute approximate surface area is 138 Å². The van der Waals surface area contributed by atoms with E-state index < -0.39 is 4.92 Å². The Kier molecular flexibility index (Phi) is 5.54. The molecule has 1 aromatic heterocycles.